The van der Waals surface area contributed by atoms with E-state index >= 15 is 0 Å². The molecule has 4 nitrogen and oxygen atoms in total. The first kappa shape index (κ1) is 6.61. The normalized spacial score (nSPS) is 7.86. The summed E-state index contributed by atoms with van der Waals surface area (Å²) in [5.74, 6) is 9.96. The van der Waals surface area contributed by atoms with Crippen molar-refractivity contribution in [3.63, 3.8) is 0 Å². The molecule has 5 heteroatoms. The van der Waals surface area contributed by atoms with Gasteiger partial charge in [0.15, 0.2) is 5.11 Å². The van der Waals surface area contributed by atoms with E-state index in [4.69, 9.17) is 11.7 Å². The van der Waals surface area contributed by atoms with E-state index in [1.165, 1.54) is 5.01 Å². The first-order chi connectivity index (χ1) is 3.18. The summed E-state index contributed by atoms with van der Waals surface area (Å²) in [7, 11) is 1.60. The molecule has 0 saturated carbocycles. The summed E-state index contributed by atoms with van der Waals surface area (Å²) in [6.45, 7) is 0. The van der Waals surface area contributed by atoms with Crippen molar-refractivity contribution < 1.29 is 0 Å². The molecule has 0 heterocycles. The second-order valence-electron chi connectivity index (χ2n) is 1.06. The summed E-state index contributed by atoms with van der Waals surface area (Å²) in [6.07, 6.45) is 0. The average molecular weight is 120 g/mol. The number of hydrogen-bond donors (Lipinski definition) is 3. The number of nitrogens with one attached hydrogen (secondary N) is 1. The van der Waals surface area contributed by atoms with Gasteiger partial charge in [0.1, 0.15) is 0 Å². The highest BCUT2D eigenvalue weighted by Crippen LogP contribution is 1.66. The summed E-state index contributed by atoms with van der Waals surface area (Å²) >= 11 is 4.54. The van der Waals surface area contributed by atoms with E-state index in [0.29, 0.717) is 5.11 Å². The number of thiocarbonyl (C=S) groups is 1. The average Bonchev–Trinajstić information content (AvgIpc) is 1.65. The van der Waals surface area contributed by atoms with E-state index in [1.54, 1.807) is 7.05 Å². The fourth-order valence-electron chi connectivity index (χ4n) is 0.102. The van der Waals surface area contributed by atoms with Crippen molar-refractivity contribution in [3.8, 4) is 0 Å². The smallest absolute Gasteiger partial charge is 0.197 e. The Morgan fingerprint density at radius 3 is 2.29 bits per heavy atom. The van der Waals surface area contributed by atoms with Gasteiger partial charge in [-0.25, -0.2) is 11.7 Å². The molecule has 0 spiro atoms. The van der Waals surface area contributed by atoms with Crippen LogP contribution in [-0.4, -0.2) is 17.2 Å². The molecule has 0 aliphatic heterocycles. The van der Waals surface area contributed by atoms with Crippen molar-refractivity contribution in [3.05, 3.63) is 0 Å². The minimum atomic E-state index is 0.319. The molecule has 0 atom stereocenters. The summed E-state index contributed by atoms with van der Waals surface area (Å²) in [4.78, 5) is 0. The fraction of sp³-hybridized carbons (Fsp3) is 0.500. The Hall–Kier alpha value is -0.390. The molecular weight excluding hydrogens is 112 g/mol. The van der Waals surface area contributed by atoms with Gasteiger partial charge in [0.05, 0.1) is 0 Å². The molecule has 0 aromatic carbocycles. The van der Waals surface area contributed by atoms with Gasteiger partial charge in [-0.15, -0.1) is 0 Å². The molecule has 0 saturated heterocycles. The summed E-state index contributed by atoms with van der Waals surface area (Å²) < 4.78 is 0. The lowest BCUT2D eigenvalue weighted by Gasteiger charge is -2.10. The topological polar surface area (TPSA) is 67.3 Å². The van der Waals surface area contributed by atoms with Gasteiger partial charge >= 0.3 is 0 Å². The predicted molar refractivity (Wildman–Crippen MR) is 31.9 cm³/mol. The van der Waals surface area contributed by atoms with Crippen LogP contribution in [0.4, 0.5) is 0 Å². The SMILES string of the molecule is CN(N)C(=S)NN. The van der Waals surface area contributed by atoms with E-state index in [-0.39, 0.29) is 0 Å². The van der Waals surface area contributed by atoms with Gasteiger partial charge in [-0.3, -0.25) is 10.4 Å². The van der Waals surface area contributed by atoms with Gasteiger partial charge in [0.25, 0.3) is 0 Å². The first-order valence-electron chi connectivity index (χ1n) is 1.67. The monoisotopic (exact) mass is 120 g/mol. The minimum absolute atomic E-state index is 0.319. The maximum absolute atomic E-state index is 5.10. The Labute approximate surface area is 47.4 Å². The molecule has 42 valence electrons. The third kappa shape index (κ3) is 2.32. The van der Waals surface area contributed by atoms with Crippen LogP contribution in [0.3, 0.4) is 0 Å². The van der Waals surface area contributed by atoms with Crippen LogP contribution in [0.1, 0.15) is 0 Å². The molecule has 0 rings (SSSR count). The molecule has 0 aromatic rings. The molecular formula is C2H8N4S. The molecule has 0 unspecified atom stereocenters. The standard InChI is InChI=1S/C2H8N4S/c1-6(4)2(7)5-3/h3-4H2,1H3,(H,5,7). The summed E-state index contributed by atoms with van der Waals surface area (Å²) in [6, 6.07) is 0. The van der Waals surface area contributed by atoms with E-state index in [1.807, 2.05) is 0 Å². The highest BCUT2D eigenvalue weighted by Gasteiger charge is 1.89. The molecule has 7 heavy (non-hydrogen) atoms. The lowest BCUT2D eigenvalue weighted by atomic mass is 11.0. The predicted octanol–water partition coefficient (Wildman–Crippen LogP) is -1.46. The minimum Gasteiger partial charge on any atom is -0.300 e. The van der Waals surface area contributed by atoms with Crippen molar-refractivity contribution >= 4 is 17.3 Å². The Kier molecular flexibility index (Phi) is 2.58. The molecule has 5 N–H and O–H groups in total. The third-order valence-corrected chi connectivity index (χ3v) is 0.850. The Morgan fingerprint density at radius 2 is 2.29 bits per heavy atom. The van der Waals surface area contributed by atoms with Crippen LogP contribution in [0.15, 0.2) is 0 Å². The van der Waals surface area contributed by atoms with Crippen molar-refractivity contribution in [1.82, 2.24) is 10.4 Å². The Balaban J connectivity index is 3.35. The molecule has 0 radical (unpaired) electrons. The van der Waals surface area contributed by atoms with E-state index < -0.39 is 0 Å². The van der Waals surface area contributed by atoms with Crippen LogP contribution in [0.25, 0.3) is 0 Å². The maximum Gasteiger partial charge on any atom is 0.197 e. The number of hydrogen-bond acceptors (Lipinski definition) is 3. The molecule has 0 aromatic heterocycles. The van der Waals surface area contributed by atoms with E-state index in [0.717, 1.165) is 0 Å². The Morgan fingerprint density at radius 1 is 1.86 bits per heavy atom. The largest absolute Gasteiger partial charge is 0.300 e. The van der Waals surface area contributed by atoms with Gasteiger partial charge in [-0.1, -0.05) is 0 Å². The lowest BCUT2D eigenvalue weighted by molar-refractivity contribution is 0.527. The van der Waals surface area contributed by atoms with Gasteiger partial charge in [0.2, 0.25) is 0 Å². The lowest BCUT2D eigenvalue weighted by Crippen LogP contribution is -2.44. The zero-order valence-corrected chi connectivity index (χ0v) is 4.83. The first-order valence-corrected chi connectivity index (χ1v) is 2.08. The van der Waals surface area contributed by atoms with Crippen molar-refractivity contribution in [2.75, 3.05) is 7.05 Å². The van der Waals surface area contributed by atoms with Crippen molar-refractivity contribution in [2.24, 2.45) is 11.7 Å². The number of nitrogens with zero attached hydrogens (tertiary/aromatic N) is 1. The van der Waals surface area contributed by atoms with Crippen LogP contribution in [-0.2, 0) is 0 Å². The van der Waals surface area contributed by atoms with E-state index in [2.05, 4.69) is 17.6 Å². The number of rotatable bonds is 0. The van der Waals surface area contributed by atoms with Crippen LogP contribution in [0, 0.1) is 0 Å². The second-order valence-corrected chi connectivity index (χ2v) is 1.45. The molecule has 0 bridgehead atoms. The van der Waals surface area contributed by atoms with Crippen LogP contribution in [0.2, 0.25) is 0 Å². The number of nitrogens with two attached hydrogens (primary N) is 2. The second kappa shape index (κ2) is 2.73. The van der Waals surface area contributed by atoms with E-state index in [9.17, 15) is 0 Å². The van der Waals surface area contributed by atoms with Crippen molar-refractivity contribution in [2.45, 2.75) is 0 Å². The fourth-order valence-corrected chi connectivity index (χ4v) is 0.102. The highest BCUT2D eigenvalue weighted by molar-refractivity contribution is 7.80. The van der Waals surface area contributed by atoms with Crippen molar-refractivity contribution in [1.29, 1.82) is 0 Å². The van der Waals surface area contributed by atoms with Gasteiger partial charge < -0.3 is 0 Å². The van der Waals surface area contributed by atoms with Gasteiger partial charge in [-0.2, -0.15) is 0 Å². The zero-order chi connectivity index (χ0) is 5.86. The molecule has 0 amide bonds. The van der Waals surface area contributed by atoms with Crippen LogP contribution >= 0.6 is 12.2 Å². The quantitative estimate of drug-likeness (QED) is 0.207. The zero-order valence-electron chi connectivity index (χ0n) is 4.01. The Bertz CT molecular complexity index is 70.1. The molecule has 0 aliphatic rings. The summed E-state index contributed by atoms with van der Waals surface area (Å²) in [5.41, 5.74) is 2.20. The number of hydrazine groups is 2. The third-order valence-electron chi connectivity index (χ3n) is 0.444. The van der Waals surface area contributed by atoms with Gasteiger partial charge in [0, 0.05) is 7.05 Å². The van der Waals surface area contributed by atoms with Crippen LogP contribution in [0.5, 0.6) is 0 Å². The summed E-state index contributed by atoms with van der Waals surface area (Å²) in [5, 5.41) is 1.54. The highest BCUT2D eigenvalue weighted by atomic mass is 32.1. The van der Waals surface area contributed by atoms with Gasteiger partial charge in [-0.05, 0) is 12.2 Å². The maximum atomic E-state index is 5.10. The van der Waals surface area contributed by atoms with Crippen LogP contribution < -0.4 is 17.1 Å². The molecule has 0 fully saturated rings. The molecule has 0 aliphatic carbocycles.